The number of fused-ring (bicyclic) bond motifs is 1. The first-order valence-corrected chi connectivity index (χ1v) is 9.82. The third-order valence-electron chi connectivity index (χ3n) is 4.06. The smallest absolute Gasteiger partial charge is 0.437 e. The number of hydrogen-bond acceptors (Lipinski definition) is 8. The van der Waals surface area contributed by atoms with E-state index in [-0.39, 0.29) is 16.4 Å². The lowest BCUT2D eigenvalue weighted by atomic mass is 10.0. The van der Waals surface area contributed by atoms with Crippen molar-refractivity contribution in [1.29, 1.82) is 0 Å². The van der Waals surface area contributed by atoms with Crippen LogP contribution in [0.5, 0.6) is 11.5 Å². The average Bonchev–Trinajstić information content (AvgIpc) is 2.71. The number of methoxy groups -OCH3 is 2. The summed E-state index contributed by atoms with van der Waals surface area (Å²) in [4.78, 5) is 22.7. The molecule has 0 heterocycles. The first-order chi connectivity index (χ1) is 14.2. The summed E-state index contributed by atoms with van der Waals surface area (Å²) in [6.45, 7) is 0. The predicted octanol–water partition coefficient (Wildman–Crippen LogP) is 4.04. The van der Waals surface area contributed by atoms with Crippen LogP contribution in [0, 0.1) is 0 Å². The van der Waals surface area contributed by atoms with E-state index >= 15 is 0 Å². The van der Waals surface area contributed by atoms with Crippen molar-refractivity contribution in [3.05, 3.63) is 54.6 Å². The number of rotatable bonds is 4. The molecule has 3 aromatic rings. The van der Waals surface area contributed by atoms with Crippen molar-refractivity contribution in [2.24, 2.45) is 0 Å². The van der Waals surface area contributed by atoms with E-state index in [2.05, 4.69) is 9.47 Å². The molecule has 3 rings (SSSR count). The van der Waals surface area contributed by atoms with Gasteiger partial charge in [-0.2, -0.15) is 8.42 Å². The van der Waals surface area contributed by atoms with E-state index in [1.165, 1.54) is 30.3 Å². The standard InChI is InChI=1S/C20H16O9S/c1-26-19(21)28-16-8-15(9-17(11-16)29-20(22)27-2)13-3-4-14-10-18(30(23,24)25)6-5-12(14)7-13/h3-11H,1-2H3,(H,23,24,25). The van der Waals surface area contributed by atoms with Crippen LogP contribution < -0.4 is 9.47 Å². The van der Waals surface area contributed by atoms with E-state index in [0.717, 1.165) is 14.2 Å². The molecule has 30 heavy (non-hydrogen) atoms. The summed E-state index contributed by atoms with van der Waals surface area (Å²) in [5, 5.41) is 1.27. The highest BCUT2D eigenvalue weighted by atomic mass is 32.2. The van der Waals surface area contributed by atoms with Gasteiger partial charge in [0.15, 0.2) is 0 Å². The van der Waals surface area contributed by atoms with Gasteiger partial charge in [0.05, 0.1) is 19.1 Å². The molecule has 0 aliphatic carbocycles. The van der Waals surface area contributed by atoms with Crippen LogP contribution in [0.2, 0.25) is 0 Å². The molecule has 1 N–H and O–H groups in total. The van der Waals surface area contributed by atoms with Crippen LogP contribution in [0.1, 0.15) is 0 Å². The molecule has 0 amide bonds. The highest BCUT2D eigenvalue weighted by molar-refractivity contribution is 7.85. The highest BCUT2D eigenvalue weighted by Crippen LogP contribution is 2.32. The monoisotopic (exact) mass is 432 g/mol. The molecule has 156 valence electrons. The lowest BCUT2D eigenvalue weighted by Gasteiger charge is -2.11. The SMILES string of the molecule is COC(=O)Oc1cc(OC(=O)OC)cc(-c2ccc3cc(S(=O)(=O)O)ccc3c2)c1. The zero-order valence-corrected chi connectivity index (χ0v) is 16.6. The zero-order chi connectivity index (χ0) is 21.9. The Labute approximate surface area is 171 Å². The van der Waals surface area contributed by atoms with E-state index in [4.69, 9.17) is 9.47 Å². The van der Waals surface area contributed by atoms with Gasteiger partial charge in [-0.3, -0.25) is 4.55 Å². The first-order valence-electron chi connectivity index (χ1n) is 8.38. The number of carbonyl (C=O) groups excluding carboxylic acids is 2. The molecule has 0 radical (unpaired) electrons. The number of hydrogen-bond donors (Lipinski definition) is 1. The van der Waals surface area contributed by atoms with Crippen LogP contribution in [0.3, 0.4) is 0 Å². The van der Waals surface area contributed by atoms with Gasteiger partial charge in [0.2, 0.25) is 0 Å². The van der Waals surface area contributed by atoms with Crippen molar-refractivity contribution in [2.75, 3.05) is 14.2 Å². The van der Waals surface area contributed by atoms with E-state index in [1.54, 1.807) is 24.3 Å². The van der Waals surface area contributed by atoms with Crippen LogP contribution in [0.4, 0.5) is 9.59 Å². The predicted molar refractivity (Wildman–Crippen MR) is 105 cm³/mol. The summed E-state index contributed by atoms with van der Waals surface area (Å²) >= 11 is 0. The van der Waals surface area contributed by atoms with Crippen LogP contribution >= 0.6 is 0 Å². The van der Waals surface area contributed by atoms with Gasteiger partial charge in [-0.25, -0.2) is 9.59 Å². The van der Waals surface area contributed by atoms with Crippen LogP contribution in [-0.2, 0) is 19.6 Å². The highest BCUT2D eigenvalue weighted by Gasteiger charge is 2.14. The Morgan fingerprint density at radius 1 is 0.733 bits per heavy atom. The summed E-state index contributed by atoms with van der Waals surface area (Å²) < 4.78 is 50.9. The fourth-order valence-corrected chi connectivity index (χ4v) is 3.21. The lowest BCUT2D eigenvalue weighted by Crippen LogP contribution is -2.09. The van der Waals surface area contributed by atoms with Gasteiger partial charge in [0.25, 0.3) is 10.1 Å². The van der Waals surface area contributed by atoms with Crippen molar-refractivity contribution < 1.29 is 41.5 Å². The van der Waals surface area contributed by atoms with Crippen molar-refractivity contribution >= 4 is 33.2 Å². The quantitative estimate of drug-likeness (QED) is 0.369. The molecule has 3 aromatic carbocycles. The van der Waals surface area contributed by atoms with Crippen LogP contribution in [0.25, 0.3) is 21.9 Å². The van der Waals surface area contributed by atoms with Crippen molar-refractivity contribution in [1.82, 2.24) is 0 Å². The molecule has 0 saturated carbocycles. The van der Waals surface area contributed by atoms with Crippen LogP contribution in [-0.4, -0.2) is 39.5 Å². The molecule has 10 heteroatoms. The van der Waals surface area contributed by atoms with E-state index in [9.17, 15) is 22.6 Å². The molecule has 0 spiro atoms. The van der Waals surface area contributed by atoms with Crippen LogP contribution in [0.15, 0.2) is 59.5 Å². The Morgan fingerprint density at radius 3 is 1.80 bits per heavy atom. The maximum atomic E-state index is 11.5. The second-order valence-electron chi connectivity index (χ2n) is 6.00. The third kappa shape index (κ3) is 4.85. The number of benzene rings is 3. The molecular weight excluding hydrogens is 416 g/mol. The first kappa shape index (κ1) is 21.1. The average molecular weight is 432 g/mol. The summed E-state index contributed by atoms with van der Waals surface area (Å²) in [6.07, 6.45) is -1.90. The normalized spacial score (nSPS) is 11.0. The fourth-order valence-electron chi connectivity index (χ4n) is 2.70. The topological polar surface area (TPSA) is 125 Å². The number of carbonyl (C=O) groups is 2. The minimum atomic E-state index is -4.32. The second kappa shape index (κ2) is 8.39. The minimum absolute atomic E-state index is 0.0695. The van der Waals surface area contributed by atoms with E-state index in [0.29, 0.717) is 21.9 Å². The van der Waals surface area contributed by atoms with E-state index < -0.39 is 22.4 Å². The Morgan fingerprint density at radius 2 is 1.27 bits per heavy atom. The van der Waals surface area contributed by atoms with Gasteiger partial charge < -0.3 is 18.9 Å². The summed E-state index contributed by atoms with van der Waals surface area (Å²) in [7, 11) is -2.01. The van der Waals surface area contributed by atoms with Crippen molar-refractivity contribution in [3.63, 3.8) is 0 Å². The lowest BCUT2D eigenvalue weighted by molar-refractivity contribution is 0.120. The Hall–Kier alpha value is -3.63. The molecule has 0 aromatic heterocycles. The Kier molecular flexibility index (Phi) is 5.90. The van der Waals surface area contributed by atoms with Crippen molar-refractivity contribution in [3.8, 4) is 22.6 Å². The zero-order valence-electron chi connectivity index (χ0n) is 15.8. The van der Waals surface area contributed by atoms with Gasteiger partial charge in [-0.1, -0.05) is 18.2 Å². The molecule has 0 unspecified atom stereocenters. The molecule has 0 fully saturated rings. The van der Waals surface area contributed by atoms with Crippen molar-refractivity contribution in [2.45, 2.75) is 4.90 Å². The van der Waals surface area contributed by atoms with Gasteiger partial charge in [-0.05, 0) is 52.2 Å². The summed E-state index contributed by atoms with van der Waals surface area (Å²) in [6, 6.07) is 13.7. The summed E-state index contributed by atoms with van der Waals surface area (Å²) in [5.74, 6) is 0.139. The molecule has 0 atom stereocenters. The Balaban J connectivity index is 2.06. The minimum Gasteiger partial charge on any atom is -0.437 e. The van der Waals surface area contributed by atoms with E-state index in [1.807, 2.05) is 0 Å². The van der Waals surface area contributed by atoms with Gasteiger partial charge >= 0.3 is 12.3 Å². The fraction of sp³-hybridized carbons (Fsp3) is 0.100. The van der Waals surface area contributed by atoms with Gasteiger partial charge in [-0.15, -0.1) is 0 Å². The number of ether oxygens (including phenoxy) is 4. The molecule has 0 aliphatic heterocycles. The Bertz CT molecular complexity index is 1200. The summed E-state index contributed by atoms with van der Waals surface area (Å²) in [5.41, 5.74) is 1.20. The molecule has 0 saturated heterocycles. The third-order valence-corrected chi connectivity index (χ3v) is 4.91. The van der Waals surface area contributed by atoms with Gasteiger partial charge in [0.1, 0.15) is 11.5 Å². The molecule has 0 bridgehead atoms. The maximum Gasteiger partial charge on any atom is 0.513 e. The maximum absolute atomic E-state index is 11.5. The largest absolute Gasteiger partial charge is 0.513 e. The van der Waals surface area contributed by atoms with Gasteiger partial charge in [0, 0.05) is 6.07 Å². The molecule has 0 aliphatic rings. The molecule has 9 nitrogen and oxygen atoms in total. The molecular formula is C20H16O9S. The second-order valence-corrected chi connectivity index (χ2v) is 7.43.